The van der Waals surface area contributed by atoms with E-state index in [1.807, 2.05) is 0 Å². The number of hydrogen-bond donors (Lipinski definition) is 6. The molecule has 0 atom stereocenters. The molecule has 240 valence electrons. The third-order valence-corrected chi connectivity index (χ3v) is 8.54. The second kappa shape index (κ2) is 15.1. The van der Waals surface area contributed by atoms with Gasteiger partial charge in [-0.2, -0.15) is 0 Å². The number of nitrogens with one attached hydrogen (secondary N) is 6. The molecule has 0 aromatic heterocycles. The predicted octanol–water partition coefficient (Wildman–Crippen LogP) is 9.67. The van der Waals surface area contributed by atoms with Crippen molar-refractivity contribution in [3.63, 3.8) is 0 Å². The molecule has 0 fully saturated rings. The Morgan fingerprint density at radius 2 is 0.396 bits per heavy atom. The van der Waals surface area contributed by atoms with Gasteiger partial charge in [0.2, 0.25) is 0 Å². The van der Waals surface area contributed by atoms with Gasteiger partial charge in [-0.15, -0.1) is 0 Å². The molecule has 48 heavy (non-hydrogen) atoms. The molecule has 12 bridgehead atoms. The predicted molar refractivity (Wildman–Crippen MR) is 203 cm³/mol. The molecule has 1 heterocycles. The molecule has 6 N–H and O–H groups in total. The third kappa shape index (κ3) is 8.68. The molecule has 7 rings (SSSR count). The maximum Gasteiger partial charge on any atom is 0.0401 e. The molecule has 6 aromatic rings. The van der Waals surface area contributed by atoms with Crippen LogP contribution < -0.4 is 31.9 Å². The van der Waals surface area contributed by atoms with Crippen LogP contribution in [-0.2, 0) is 39.3 Å². The maximum absolute atomic E-state index is 3.61. The first-order valence-corrected chi connectivity index (χ1v) is 16.7. The quantitative estimate of drug-likeness (QED) is 0.100. The molecule has 0 saturated carbocycles. The second-order valence-corrected chi connectivity index (χ2v) is 12.3. The summed E-state index contributed by atoms with van der Waals surface area (Å²) in [5.41, 5.74) is 14.0. The summed E-state index contributed by atoms with van der Waals surface area (Å²) in [7, 11) is 0. The van der Waals surface area contributed by atoms with E-state index in [0.717, 1.165) is 73.4 Å². The maximum atomic E-state index is 3.61. The third-order valence-electron chi connectivity index (χ3n) is 8.54. The van der Waals surface area contributed by atoms with Crippen LogP contribution in [0.4, 0.5) is 34.1 Å². The number of anilines is 6. The first kappa shape index (κ1) is 30.8. The summed E-state index contributed by atoms with van der Waals surface area (Å²) in [5.74, 6) is 0. The number of fused-ring (bicyclic) bond motifs is 12. The highest BCUT2D eigenvalue weighted by Crippen LogP contribution is 2.21. The molecular formula is C42H42N6. The van der Waals surface area contributed by atoms with Gasteiger partial charge in [0.05, 0.1) is 0 Å². The standard InChI is InChI=1S/C42H42N6/c1-7-31-19-37(13-1)43-26-32-8-2-15-39(20-32)45-28-34-10-4-17-41(22-34)47-30-36-12-6-18-42(24-36)48-29-35-11-5-16-40(23-35)46-27-33-9-3-14-38(21-33)44-25-31/h1-24,43-48H,25-30H2. The van der Waals surface area contributed by atoms with Crippen LogP contribution in [0, 0.1) is 0 Å². The van der Waals surface area contributed by atoms with E-state index < -0.39 is 0 Å². The average molecular weight is 631 g/mol. The van der Waals surface area contributed by atoms with E-state index in [1.165, 1.54) is 33.4 Å². The zero-order chi connectivity index (χ0) is 32.4. The topological polar surface area (TPSA) is 72.2 Å². The van der Waals surface area contributed by atoms with Crippen molar-refractivity contribution >= 4 is 34.1 Å². The first-order chi connectivity index (χ1) is 23.7. The van der Waals surface area contributed by atoms with E-state index in [2.05, 4.69) is 177 Å². The summed E-state index contributed by atoms with van der Waals surface area (Å²) in [6, 6.07) is 51.8. The van der Waals surface area contributed by atoms with Crippen LogP contribution in [0.1, 0.15) is 33.4 Å². The van der Waals surface area contributed by atoms with Crippen LogP contribution in [-0.4, -0.2) is 0 Å². The molecule has 0 radical (unpaired) electrons. The van der Waals surface area contributed by atoms with Crippen LogP contribution in [0.5, 0.6) is 0 Å². The fraction of sp³-hybridized carbons (Fsp3) is 0.143. The Morgan fingerprint density at radius 3 is 0.562 bits per heavy atom. The molecule has 6 aromatic carbocycles. The van der Waals surface area contributed by atoms with Gasteiger partial charge in [-0.05, 0) is 106 Å². The van der Waals surface area contributed by atoms with Crippen molar-refractivity contribution in [3.05, 3.63) is 179 Å². The van der Waals surface area contributed by atoms with Gasteiger partial charge in [-0.3, -0.25) is 0 Å². The second-order valence-electron chi connectivity index (χ2n) is 12.3. The number of hydrogen-bond acceptors (Lipinski definition) is 6. The minimum absolute atomic E-state index is 0.750. The Balaban J connectivity index is 1.09. The fourth-order valence-corrected chi connectivity index (χ4v) is 5.97. The Hall–Kier alpha value is -5.88. The number of benzene rings is 6. The van der Waals surface area contributed by atoms with Crippen LogP contribution in [0.15, 0.2) is 146 Å². The summed E-state index contributed by atoms with van der Waals surface area (Å²) in [5, 5.41) is 21.7. The first-order valence-electron chi connectivity index (χ1n) is 16.7. The smallest absolute Gasteiger partial charge is 0.0401 e. The summed E-state index contributed by atoms with van der Waals surface area (Å²) < 4.78 is 0. The van der Waals surface area contributed by atoms with Crippen molar-refractivity contribution in [2.45, 2.75) is 39.3 Å². The summed E-state index contributed by atoms with van der Waals surface area (Å²) in [6.07, 6.45) is 0. The van der Waals surface area contributed by atoms with Gasteiger partial charge in [0.1, 0.15) is 0 Å². The lowest BCUT2D eigenvalue weighted by Gasteiger charge is -2.14. The highest BCUT2D eigenvalue weighted by atomic mass is 14.9. The van der Waals surface area contributed by atoms with Crippen LogP contribution in [0.25, 0.3) is 0 Å². The van der Waals surface area contributed by atoms with E-state index in [1.54, 1.807) is 0 Å². The van der Waals surface area contributed by atoms with E-state index in [4.69, 9.17) is 0 Å². The van der Waals surface area contributed by atoms with Crippen molar-refractivity contribution < 1.29 is 0 Å². The van der Waals surface area contributed by atoms with E-state index in [0.29, 0.717) is 0 Å². The average Bonchev–Trinajstić information content (AvgIpc) is 3.14. The zero-order valence-corrected chi connectivity index (χ0v) is 27.1. The van der Waals surface area contributed by atoms with Gasteiger partial charge in [0.25, 0.3) is 0 Å². The molecule has 0 amide bonds. The van der Waals surface area contributed by atoms with Gasteiger partial charge in [0, 0.05) is 73.4 Å². The van der Waals surface area contributed by atoms with Crippen molar-refractivity contribution in [1.82, 2.24) is 0 Å². The fourth-order valence-electron chi connectivity index (χ4n) is 5.97. The zero-order valence-electron chi connectivity index (χ0n) is 27.1. The molecule has 0 spiro atoms. The van der Waals surface area contributed by atoms with Crippen molar-refractivity contribution in [2.24, 2.45) is 0 Å². The molecule has 1 aliphatic heterocycles. The largest absolute Gasteiger partial charge is 0.381 e. The van der Waals surface area contributed by atoms with Crippen LogP contribution in [0.3, 0.4) is 0 Å². The molecule has 6 heteroatoms. The molecule has 0 saturated heterocycles. The van der Waals surface area contributed by atoms with E-state index in [-0.39, 0.29) is 0 Å². The Labute approximate surface area is 283 Å². The normalized spacial score (nSPS) is 13.5. The summed E-state index contributed by atoms with van der Waals surface area (Å²) in [4.78, 5) is 0. The molecule has 0 unspecified atom stereocenters. The van der Waals surface area contributed by atoms with E-state index in [9.17, 15) is 0 Å². The molecule has 0 aliphatic carbocycles. The minimum Gasteiger partial charge on any atom is -0.381 e. The molecule has 1 aliphatic rings. The highest BCUT2D eigenvalue weighted by Gasteiger charge is 2.04. The summed E-state index contributed by atoms with van der Waals surface area (Å²) >= 11 is 0. The van der Waals surface area contributed by atoms with Gasteiger partial charge in [0.15, 0.2) is 0 Å². The lowest BCUT2D eigenvalue weighted by atomic mass is 10.1. The van der Waals surface area contributed by atoms with Crippen LogP contribution >= 0.6 is 0 Å². The monoisotopic (exact) mass is 630 g/mol. The van der Waals surface area contributed by atoms with Gasteiger partial charge in [-0.1, -0.05) is 72.8 Å². The van der Waals surface area contributed by atoms with Gasteiger partial charge < -0.3 is 31.9 Å². The lowest BCUT2D eigenvalue weighted by Crippen LogP contribution is -2.05. The summed E-state index contributed by atoms with van der Waals surface area (Å²) in [6.45, 7) is 4.50. The molecular weight excluding hydrogens is 589 g/mol. The molecule has 6 nitrogen and oxygen atoms in total. The van der Waals surface area contributed by atoms with Crippen molar-refractivity contribution in [3.8, 4) is 0 Å². The van der Waals surface area contributed by atoms with Crippen molar-refractivity contribution in [2.75, 3.05) is 31.9 Å². The van der Waals surface area contributed by atoms with Gasteiger partial charge in [-0.25, -0.2) is 0 Å². The Morgan fingerprint density at radius 1 is 0.229 bits per heavy atom. The Bertz CT molecular complexity index is 1480. The van der Waals surface area contributed by atoms with Crippen LogP contribution in [0.2, 0.25) is 0 Å². The number of rotatable bonds is 0. The lowest BCUT2D eigenvalue weighted by molar-refractivity contribution is 1.10. The van der Waals surface area contributed by atoms with Gasteiger partial charge >= 0.3 is 0 Å². The SMILES string of the molecule is c1cc2cc(c1)NCc1cccc(c1)NCc1cccc(c1)NCc1cccc(c1)NCc1cccc(c1)NCc1cccc(c1)NC2. The minimum atomic E-state index is 0.750. The van der Waals surface area contributed by atoms with Crippen molar-refractivity contribution in [1.29, 1.82) is 0 Å². The van der Waals surface area contributed by atoms with E-state index >= 15 is 0 Å². The highest BCUT2D eigenvalue weighted by molar-refractivity contribution is 5.54. The Kier molecular flexibility index (Phi) is 9.70.